The summed E-state index contributed by atoms with van der Waals surface area (Å²) < 4.78 is 7.98. The topological polar surface area (TPSA) is 99.3 Å². The Morgan fingerprint density at radius 3 is 2.50 bits per heavy atom. The maximum Gasteiger partial charge on any atom is 0.332 e. The lowest BCUT2D eigenvalue weighted by Crippen LogP contribution is -2.41. The van der Waals surface area contributed by atoms with Crippen LogP contribution in [0.15, 0.2) is 14.6 Å². The molecular weight excluding hydrogens is 430 g/mol. The number of aryl methyl sites for hydroxylation is 2. The third kappa shape index (κ3) is 5.58. The van der Waals surface area contributed by atoms with Gasteiger partial charge in [0.1, 0.15) is 16.2 Å². The molecule has 32 heavy (non-hydrogen) atoms. The zero-order chi connectivity index (χ0) is 23.1. The minimum atomic E-state index is -0.420. The minimum Gasteiger partial charge on any atom is -0.378 e. The molecule has 2 aromatic rings. The second kappa shape index (κ2) is 11.6. The summed E-state index contributed by atoms with van der Waals surface area (Å²) in [5.41, 5.74) is -0.418. The molecule has 0 atom stereocenters. The number of morpholine rings is 1. The van der Waals surface area contributed by atoms with E-state index in [2.05, 4.69) is 16.9 Å². The molecule has 0 aliphatic carbocycles. The van der Waals surface area contributed by atoms with Gasteiger partial charge in [-0.05, 0) is 12.8 Å². The summed E-state index contributed by atoms with van der Waals surface area (Å²) in [6, 6.07) is 0. The van der Waals surface area contributed by atoms with E-state index < -0.39 is 5.56 Å². The monoisotopic (exact) mass is 463 g/mol. The van der Waals surface area contributed by atoms with Gasteiger partial charge in [-0.1, -0.05) is 44.9 Å². The van der Waals surface area contributed by atoms with Gasteiger partial charge in [0.15, 0.2) is 5.65 Å². The summed E-state index contributed by atoms with van der Waals surface area (Å²) in [6.45, 7) is 6.83. The Morgan fingerprint density at radius 1 is 1.06 bits per heavy atom. The van der Waals surface area contributed by atoms with Crippen LogP contribution < -0.4 is 11.2 Å². The number of hydrogen-bond acceptors (Lipinski definition) is 7. The average Bonchev–Trinajstić information content (AvgIpc) is 2.81. The van der Waals surface area contributed by atoms with Crippen LogP contribution in [-0.4, -0.2) is 62.0 Å². The molecule has 0 unspecified atom stereocenters. The Labute approximate surface area is 192 Å². The Balaban J connectivity index is 2.00. The number of unbranched alkanes of at least 4 members (excludes halogenated alkanes) is 3. The molecule has 176 valence electrons. The summed E-state index contributed by atoms with van der Waals surface area (Å²) in [5, 5.41) is 0.796. The summed E-state index contributed by atoms with van der Waals surface area (Å²) in [4.78, 5) is 49.6. The van der Waals surface area contributed by atoms with Crippen LogP contribution in [0.1, 0.15) is 51.8 Å². The molecule has 0 aromatic carbocycles. The van der Waals surface area contributed by atoms with E-state index in [0.29, 0.717) is 61.2 Å². The molecule has 0 radical (unpaired) electrons. The molecule has 9 nitrogen and oxygen atoms in total. The Kier molecular flexibility index (Phi) is 8.86. The first kappa shape index (κ1) is 24.4. The van der Waals surface area contributed by atoms with Gasteiger partial charge >= 0.3 is 5.69 Å². The summed E-state index contributed by atoms with van der Waals surface area (Å²) >= 11 is 1.25. The lowest BCUT2D eigenvalue weighted by atomic mass is 10.1. The van der Waals surface area contributed by atoms with Crippen molar-refractivity contribution in [3.63, 3.8) is 0 Å². The van der Waals surface area contributed by atoms with Crippen LogP contribution in [0.25, 0.3) is 11.0 Å². The van der Waals surface area contributed by atoms with Crippen molar-refractivity contribution < 1.29 is 9.53 Å². The van der Waals surface area contributed by atoms with Gasteiger partial charge in [-0.25, -0.2) is 14.8 Å². The Morgan fingerprint density at radius 2 is 1.81 bits per heavy atom. The van der Waals surface area contributed by atoms with Crippen LogP contribution in [0, 0.1) is 0 Å². The number of nitrogens with zero attached hydrogens (tertiary/aromatic N) is 5. The van der Waals surface area contributed by atoms with Gasteiger partial charge in [0.2, 0.25) is 5.91 Å². The number of carbonyl (C=O) groups excluding carboxylic acids is 1. The molecule has 3 rings (SSSR count). The predicted molar refractivity (Wildman–Crippen MR) is 125 cm³/mol. The van der Waals surface area contributed by atoms with Gasteiger partial charge in [-0.15, -0.1) is 0 Å². The molecular formula is C22H33N5O4S. The van der Waals surface area contributed by atoms with Crippen molar-refractivity contribution in [2.75, 3.05) is 32.1 Å². The molecule has 0 bridgehead atoms. The molecule has 1 saturated heterocycles. The summed E-state index contributed by atoms with van der Waals surface area (Å²) in [7, 11) is 1.47. The van der Waals surface area contributed by atoms with Crippen LogP contribution in [0.2, 0.25) is 0 Å². The smallest absolute Gasteiger partial charge is 0.332 e. The number of rotatable bonds is 10. The highest BCUT2D eigenvalue weighted by atomic mass is 32.2. The van der Waals surface area contributed by atoms with E-state index in [-0.39, 0.29) is 17.3 Å². The second-order valence-corrected chi connectivity index (χ2v) is 9.00. The quantitative estimate of drug-likeness (QED) is 0.302. The van der Waals surface area contributed by atoms with E-state index >= 15 is 0 Å². The number of amides is 1. The van der Waals surface area contributed by atoms with Crippen molar-refractivity contribution in [1.29, 1.82) is 0 Å². The number of ether oxygens (including phenoxy) is 1. The number of thioether (sulfide) groups is 1. The van der Waals surface area contributed by atoms with E-state index in [9.17, 15) is 14.4 Å². The third-order valence-corrected chi connectivity index (χ3v) is 6.55. The van der Waals surface area contributed by atoms with Crippen molar-refractivity contribution in [2.24, 2.45) is 7.05 Å². The fourth-order valence-electron chi connectivity index (χ4n) is 3.77. The maximum absolute atomic E-state index is 13.0. The minimum absolute atomic E-state index is 0.00624. The Bertz CT molecular complexity index is 1060. The molecule has 0 spiro atoms. The fraction of sp³-hybridized carbons (Fsp3) is 0.682. The standard InChI is InChI=1S/C22H33N5O4S/c1-4-6-7-8-9-16-23-19-18(21(29)25(3)22(30)27(19)10-5-2)20(24-16)32-15-17(28)26-11-13-31-14-12-26/h4-15H2,1-3H3. The lowest BCUT2D eigenvalue weighted by molar-refractivity contribution is -0.132. The van der Waals surface area contributed by atoms with E-state index in [1.165, 1.54) is 18.8 Å². The number of carbonyl (C=O) groups is 1. The second-order valence-electron chi connectivity index (χ2n) is 8.03. The van der Waals surface area contributed by atoms with Gasteiger partial charge in [0, 0.05) is 33.1 Å². The van der Waals surface area contributed by atoms with Gasteiger partial charge < -0.3 is 9.64 Å². The summed E-state index contributed by atoms with van der Waals surface area (Å²) in [5.74, 6) is 0.790. The van der Waals surface area contributed by atoms with Gasteiger partial charge in [-0.2, -0.15) is 0 Å². The first-order valence-electron chi connectivity index (χ1n) is 11.5. The zero-order valence-corrected chi connectivity index (χ0v) is 20.1. The van der Waals surface area contributed by atoms with Gasteiger partial charge in [0.25, 0.3) is 5.56 Å². The van der Waals surface area contributed by atoms with Crippen LogP contribution in [0.4, 0.5) is 0 Å². The molecule has 1 amide bonds. The number of fused-ring (bicyclic) bond motifs is 1. The summed E-state index contributed by atoms with van der Waals surface area (Å²) in [6.07, 6.45) is 5.71. The maximum atomic E-state index is 13.0. The van der Waals surface area contributed by atoms with Crippen molar-refractivity contribution in [3.8, 4) is 0 Å². The average molecular weight is 464 g/mol. The highest BCUT2D eigenvalue weighted by Gasteiger charge is 2.21. The molecule has 0 saturated carbocycles. The van der Waals surface area contributed by atoms with E-state index in [0.717, 1.165) is 36.7 Å². The predicted octanol–water partition coefficient (Wildman–Crippen LogP) is 1.97. The first-order valence-corrected chi connectivity index (χ1v) is 12.4. The van der Waals surface area contributed by atoms with Crippen LogP contribution >= 0.6 is 11.8 Å². The van der Waals surface area contributed by atoms with Gasteiger partial charge in [-0.3, -0.25) is 18.7 Å². The van der Waals surface area contributed by atoms with Crippen LogP contribution in [0.3, 0.4) is 0 Å². The van der Waals surface area contributed by atoms with E-state index in [1.54, 1.807) is 9.47 Å². The van der Waals surface area contributed by atoms with E-state index in [4.69, 9.17) is 4.74 Å². The molecule has 1 aliphatic rings. The van der Waals surface area contributed by atoms with Crippen LogP contribution in [-0.2, 0) is 29.5 Å². The largest absolute Gasteiger partial charge is 0.378 e. The SMILES string of the molecule is CCCCCCc1nc(SCC(=O)N2CCOCC2)c2c(=O)n(C)c(=O)n(CCC)c2n1. The third-order valence-electron chi connectivity index (χ3n) is 5.59. The highest BCUT2D eigenvalue weighted by molar-refractivity contribution is 8.00. The normalized spacial score (nSPS) is 14.3. The van der Waals surface area contributed by atoms with Crippen molar-refractivity contribution >= 4 is 28.7 Å². The number of aromatic nitrogens is 4. The molecule has 0 N–H and O–H groups in total. The zero-order valence-electron chi connectivity index (χ0n) is 19.3. The van der Waals surface area contributed by atoms with E-state index in [1.807, 2.05) is 6.92 Å². The van der Waals surface area contributed by atoms with Crippen molar-refractivity contribution in [1.82, 2.24) is 24.0 Å². The fourth-order valence-corrected chi connectivity index (χ4v) is 4.70. The first-order chi connectivity index (χ1) is 15.5. The molecule has 1 aliphatic heterocycles. The van der Waals surface area contributed by atoms with Crippen molar-refractivity contribution in [3.05, 3.63) is 26.7 Å². The Hall–Kier alpha value is -2.20. The lowest BCUT2D eigenvalue weighted by Gasteiger charge is -2.26. The van der Waals surface area contributed by atoms with Gasteiger partial charge in [0.05, 0.1) is 19.0 Å². The van der Waals surface area contributed by atoms with Crippen molar-refractivity contribution in [2.45, 2.75) is 63.9 Å². The molecule has 2 aromatic heterocycles. The number of hydrogen-bond donors (Lipinski definition) is 0. The molecule has 10 heteroatoms. The molecule has 3 heterocycles. The van der Waals surface area contributed by atoms with Crippen LogP contribution in [0.5, 0.6) is 0 Å². The highest BCUT2D eigenvalue weighted by Crippen LogP contribution is 2.24. The molecule has 1 fully saturated rings.